The number of benzene rings is 1. The number of anilines is 2. The van der Waals surface area contributed by atoms with Gasteiger partial charge in [-0.15, -0.1) is 0 Å². The van der Waals surface area contributed by atoms with E-state index in [1.54, 1.807) is 0 Å². The number of hydrogen-bond donors (Lipinski definition) is 2. The van der Waals surface area contributed by atoms with Crippen molar-refractivity contribution in [3.63, 3.8) is 0 Å². The first-order valence-corrected chi connectivity index (χ1v) is 5.52. The summed E-state index contributed by atoms with van der Waals surface area (Å²) in [7, 11) is 0. The summed E-state index contributed by atoms with van der Waals surface area (Å²) in [5.41, 5.74) is 2.98. The molecular formula is C9H7BrCl2N2. The average Bonchev–Trinajstić information content (AvgIpc) is 2.08. The summed E-state index contributed by atoms with van der Waals surface area (Å²) >= 11 is 15.1. The predicted molar refractivity (Wildman–Crippen MR) is 64.9 cm³/mol. The van der Waals surface area contributed by atoms with Crippen LogP contribution in [0.1, 0.15) is 5.56 Å². The number of halogens is 3. The maximum atomic E-state index is 5.87. The highest BCUT2D eigenvalue weighted by atomic mass is 79.9. The van der Waals surface area contributed by atoms with Gasteiger partial charge in [0.1, 0.15) is 10.3 Å². The number of aryl methyl sites for hydroxylation is 1. The molecule has 0 saturated carbocycles. The van der Waals surface area contributed by atoms with Crippen LogP contribution in [0.2, 0.25) is 0 Å². The first-order chi connectivity index (χ1) is 6.58. The van der Waals surface area contributed by atoms with Crippen molar-refractivity contribution < 1.29 is 0 Å². The molecule has 0 amide bonds. The molecule has 0 aromatic heterocycles. The lowest BCUT2D eigenvalue weighted by molar-refractivity contribution is 1.34. The van der Waals surface area contributed by atoms with Crippen LogP contribution in [0.25, 0.3) is 0 Å². The van der Waals surface area contributed by atoms with Crippen molar-refractivity contribution in [2.45, 2.75) is 6.92 Å². The highest BCUT2D eigenvalue weighted by Crippen LogP contribution is 2.37. The van der Waals surface area contributed by atoms with Gasteiger partial charge in [-0.2, -0.15) is 0 Å². The molecule has 1 aliphatic rings. The molecule has 0 spiro atoms. The van der Waals surface area contributed by atoms with Crippen molar-refractivity contribution in [1.82, 2.24) is 0 Å². The zero-order valence-corrected chi connectivity index (χ0v) is 10.4. The minimum Gasteiger partial charge on any atom is -0.342 e. The van der Waals surface area contributed by atoms with Crippen LogP contribution < -0.4 is 10.6 Å². The van der Waals surface area contributed by atoms with E-state index in [1.807, 2.05) is 19.1 Å². The summed E-state index contributed by atoms with van der Waals surface area (Å²) in [6.07, 6.45) is 0. The summed E-state index contributed by atoms with van der Waals surface area (Å²) in [5.74, 6) is 0. The molecule has 14 heavy (non-hydrogen) atoms. The summed E-state index contributed by atoms with van der Waals surface area (Å²) in [6.45, 7) is 2.00. The molecule has 2 rings (SSSR count). The van der Waals surface area contributed by atoms with E-state index in [2.05, 4.69) is 26.6 Å². The Bertz CT molecular complexity index is 429. The third-order valence-corrected chi connectivity index (χ3v) is 3.09. The van der Waals surface area contributed by atoms with E-state index < -0.39 is 0 Å². The van der Waals surface area contributed by atoms with Crippen LogP contribution in [0.15, 0.2) is 26.9 Å². The zero-order chi connectivity index (χ0) is 10.3. The van der Waals surface area contributed by atoms with Crippen molar-refractivity contribution in [2.75, 3.05) is 10.6 Å². The molecule has 0 aliphatic carbocycles. The third-order valence-electron chi connectivity index (χ3n) is 1.97. The smallest absolute Gasteiger partial charge is 0.142 e. The van der Waals surface area contributed by atoms with E-state index in [0.29, 0.717) is 10.3 Å². The Morgan fingerprint density at radius 2 is 1.79 bits per heavy atom. The lowest BCUT2D eigenvalue weighted by atomic mass is 10.1. The molecule has 1 aromatic rings. The monoisotopic (exact) mass is 292 g/mol. The molecule has 0 saturated heterocycles. The molecule has 5 heteroatoms. The maximum absolute atomic E-state index is 5.87. The van der Waals surface area contributed by atoms with Crippen LogP contribution in [-0.4, -0.2) is 0 Å². The fourth-order valence-corrected chi connectivity index (χ4v) is 2.21. The van der Waals surface area contributed by atoms with Gasteiger partial charge >= 0.3 is 0 Å². The largest absolute Gasteiger partial charge is 0.342 e. The van der Waals surface area contributed by atoms with Gasteiger partial charge in [-0.05, 0) is 24.6 Å². The van der Waals surface area contributed by atoms with E-state index >= 15 is 0 Å². The van der Waals surface area contributed by atoms with E-state index in [9.17, 15) is 0 Å². The van der Waals surface area contributed by atoms with Crippen molar-refractivity contribution in [3.8, 4) is 0 Å². The van der Waals surface area contributed by atoms with Gasteiger partial charge in [0.05, 0.1) is 11.4 Å². The van der Waals surface area contributed by atoms with Gasteiger partial charge in [-0.3, -0.25) is 0 Å². The Hall–Kier alpha value is -0.380. The molecule has 2 N–H and O–H groups in total. The second-order valence-corrected chi connectivity index (χ2v) is 4.69. The molecule has 0 radical (unpaired) electrons. The van der Waals surface area contributed by atoms with E-state index in [-0.39, 0.29) is 0 Å². The lowest BCUT2D eigenvalue weighted by Gasteiger charge is -2.21. The van der Waals surface area contributed by atoms with E-state index in [0.717, 1.165) is 21.4 Å². The SMILES string of the molecule is Cc1cc(Br)cc2c1NC(Cl)=C(Cl)N2. The second kappa shape index (κ2) is 3.65. The first kappa shape index (κ1) is 10.1. The summed E-state index contributed by atoms with van der Waals surface area (Å²) in [4.78, 5) is 0. The Labute approximate surface area is 100 Å². The molecular weight excluding hydrogens is 287 g/mol. The molecule has 0 atom stereocenters. The fraction of sp³-hybridized carbons (Fsp3) is 0.111. The van der Waals surface area contributed by atoms with Crippen LogP contribution in [0, 0.1) is 6.92 Å². The third kappa shape index (κ3) is 1.72. The van der Waals surface area contributed by atoms with Crippen LogP contribution in [0.5, 0.6) is 0 Å². The minimum atomic E-state index is 0.414. The lowest BCUT2D eigenvalue weighted by Crippen LogP contribution is -2.11. The molecule has 1 heterocycles. The molecule has 2 nitrogen and oxygen atoms in total. The summed E-state index contributed by atoms with van der Waals surface area (Å²) in [5, 5.41) is 6.88. The maximum Gasteiger partial charge on any atom is 0.142 e. The number of hydrogen-bond acceptors (Lipinski definition) is 2. The van der Waals surface area contributed by atoms with Gasteiger partial charge in [-0.25, -0.2) is 0 Å². The Morgan fingerprint density at radius 3 is 2.50 bits per heavy atom. The minimum absolute atomic E-state index is 0.414. The summed E-state index contributed by atoms with van der Waals surface area (Å²) < 4.78 is 1.01. The van der Waals surface area contributed by atoms with Crippen LogP contribution in [-0.2, 0) is 0 Å². The number of nitrogens with one attached hydrogen (secondary N) is 2. The second-order valence-electron chi connectivity index (χ2n) is 3.02. The first-order valence-electron chi connectivity index (χ1n) is 3.97. The standard InChI is InChI=1S/C9H7BrCl2N2/c1-4-2-5(10)3-6-7(4)14-9(12)8(11)13-6/h2-3,13-14H,1H3. The molecule has 1 aliphatic heterocycles. The van der Waals surface area contributed by atoms with Gasteiger partial charge in [0, 0.05) is 4.47 Å². The molecule has 1 aromatic carbocycles. The highest BCUT2D eigenvalue weighted by Gasteiger charge is 2.16. The van der Waals surface area contributed by atoms with Crippen molar-refractivity contribution >= 4 is 50.5 Å². The zero-order valence-electron chi connectivity index (χ0n) is 7.29. The predicted octanol–water partition coefficient (Wildman–Crippen LogP) is 4.20. The molecule has 0 bridgehead atoms. The Kier molecular flexibility index (Phi) is 2.64. The molecule has 0 fully saturated rings. The van der Waals surface area contributed by atoms with Gasteiger partial charge in [0.2, 0.25) is 0 Å². The van der Waals surface area contributed by atoms with Gasteiger partial charge in [-0.1, -0.05) is 39.1 Å². The Morgan fingerprint density at radius 1 is 1.14 bits per heavy atom. The van der Waals surface area contributed by atoms with Crippen LogP contribution >= 0.6 is 39.1 Å². The average molecular weight is 294 g/mol. The van der Waals surface area contributed by atoms with Gasteiger partial charge in [0.15, 0.2) is 0 Å². The number of fused-ring (bicyclic) bond motifs is 1. The number of rotatable bonds is 0. The highest BCUT2D eigenvalue weighted by molar-refractivity contribution is 9.10. The fourth-order valence-electron chi connectivity index (χ4n) is 1.35. The normalized spacial score (nSPS) is 14.6. The molecule has 74 valence electrons. The topological polar surface area (TPSA) is 24.1 Å². The summed E-state index contributed by atoms with van der Waals surface area (Å²) in [6, 6.07) is 3.96. The quantitative estimate of drug-likeness (QED) is 0.701. The van der Waals surface area contributed by atoms with Gasteiger partial charge < -0.3 is 10.6 Å². The van der Waals surface area contributed by atoms with Gasteiger partial charge in [0.25, 0.3) is 0 Å². The van der Waals surface area contributed by atoms with E-state index in [1.165, 1.54) is 0 Å². The van der Waals surface area contributed by atoms with E-state index in [4.69, 9.17) is 23.2 Å². The van der Waals surface area contributed by atoms with Crippen molar-refractivity contribution in [1.29, 1.82) is 0 Å². The van der Waals surface area contributed by atoms with Crippen molar-refractivity contribution in [3.05, 3.63) is 32.5 Å². The van der Waals surface area contributed by atoms with Crippen LogP contribution in [0.3, 0.4) is 0 Å². The Balaban J connectivity index is 2.53. The molecule has 0 unspecified atom stereocenters. The van der Waals surface area contributed by atoms with Crippen molar-refractivity contribution in [2.24, 2.45) is 0 Å². The van der Waals surface area contributed by atoms with Crippen LogP contribution in [0.4, 0.5) is 11.4 Å².